The van der Waals surface area contributed by atoms with Crippen LogP contribution >= 0.6 is 0 Å². The van der Waals surface area contributed by atoms with Gasteiger partial charge in [0, 0.05) is 18.7 Å². The number of aromatic hydroxyl groups is 1. The SMILES string of the molecule is O=C(N/C(=C/c1ccc(O)cc1)C(=O)N1CCOCC1)c1ccccc1. The highest BCUT2D eigenvalue weighted by molar-refractivity contribution is 6.05. The number of hydrogen-bond acceptors (Lipinski definition) is 4. The molecule has 0 spiro atoms. The minimum Gasteiger partial charge on any atom is -0.508 e. The number of rotatable bonds is 4. The summed E-state index contributed by atoms with van der Waals surface area (Å²) in [4.78, 5) is 27.0. The minimum absolute atomic E-state index is 0.136. The van der Waals surface area contributed by atoms with E-state index < -0.39 is 0 Å². The summed E-state index contributed by atoms with van der Waals surface area (Å²) in [5, 5.41) is 12.1. The first-order valence-corrected chi connectivity index (χ1v) is 8.37. The van der Waals surface area contributed by atoms with Crippen LogP contribution < -0.4 is 5.32 Å². The van der Waals surface area contributed by atoms with Crippen LogP contribution in [0.15, 0.2) is 60.3 Å². The van der Waals surface area contributed by atoms with Gasteiger partial charge in [0.2, 0.25) is 0 Å². The zero-order valence-corrected chi connectivity index (χ0v) is 14.2. The first-order chi connectivity index (χ1) is 12.6. The van der Waals surface area contributed by atoms with Crippen LogP contribution in [0.5, 0.6) is 5.75 Å². The zero-order chi connectivity index (χ0) is 18.4. The number of morpholine rings is 1. The van der Waals surface area contributed by atoms with Crippen LogP contribution in [0.1, 0.15) is 15.9 Å². The first-order valence-electron chi connectivity index (χ1n) is 8.37. The summed E-state index contributed by atoms with van der Waals surface area (Å²) >= 11 is 0. The molecule has 0 radical (unpaired) electrons. The number of carbonyl (C=O) groups is 2. The minimum atomic E-state index is -0.350. The van der Waals surface area contributed by atoms with Gasteiger partial charge < -0.3 is 20.1 Å². The number of carbonyl (C=O) groups excluding carboxylic acids is 2. The van der Waals surface area contributed by atoms with Crippen molar-refractivity contribution in [1.82, 2.24) is 10.2 Å². The van der Waals surface area contributed by atoms with Gasteiger partial charge in [-0.3, -0.25) is 9.59 Å². The van der Waals surface area contributed by atoms with E-state index in [0.29, 0.717) is 37.4 Å². The molecule has 3 rings (SSSR count). The van der Waals surface area contributed by atoms with E-state index in [4.69, 9.17) is 4.74 Å². The zero-order valence-electron chi connectivity index (χ0n) is 14.2. The van der Waals surface area contributed by atoms with Crippen LogP contribution in [0.2, 0.25) is 0 Å². The second-order valence-electron chi connectivity index (χ2n) is 5.87. The lowest BCUT2D eigenvalue weighted by atomic mass is 10.1. The summed E-state index contributed by atoms with van der Waals surface area (Å²) in [5.41, 5.74) is 1.36. The number of nitrogens with one attached hydrogen (secondary N) is 1. The predicted molar refractivity (Wildman–Crippen MR) is 97.4 cm³/mol. The first kappa shape index (κ1) is 17.7. The molecule has 2 amide bonds. The number of hydrogen-bond donors (Lipinski definition) is 2. The van der Waals surface area contributed by atoms with Crippen LogP contribution in [-0.2, 0) is 9.53 Å². The van der Waals surface area contributed by atoms with Gasteiger partial charge >= 0.3 is 0 Å². The van der Waals surface area contributed by atoms with Crippen molar-refractivity contribution in [2.75, 3.05) is 26.3 Å². The van der Waals surface area contributed by atoms with Crippen LogP contribution in [0, 0.1) is 0 Å². The molecule has 1 saturated heterocycles. The molecular weight excluding hydrogens is 332 g/mol. The van der Waals surface area contributed by atoms with Crippen molar-refractivity contribution in [3.8, 4) is 5.75 Å². The maximum absolute atomic E-state index is 12.9. The van der Waals surface area contributed by atoms with E-state index in [1.54, 1.807) is 47.4 Å². The van der Waals surface area contributed by atoms with Crippen LogP contribution in [0.25, 0.3) is 6.08 Å². The molecule has 2 aromatic carbocycles. The molecule has 1 heterocycles. The van der Waals surface area contributed by atoms with Gasteiger partial charge in [-0.15, -0.1) is 0 Å². The summed E-state index contributed by atoms with van der Waals surface area (Å²) in [6.07, 6.45) is 1.61. The van der Waals surface area contributed by atoms with Crippen molar-refractivity contribution in [3.63, 3.8) is 0 Å². The molecule has 0 bridgehead atoms. The molecule has 0 saturated carbocycles. The van der Waals surface area contributed by atoms with Crippen molar-refractivity contribution in [2.24, 2.45) is 0 Å². The Kier molecular flexibility index (Phi) is 5.66. The number of ether oxygens (including phenoxy) is 1. The molecular formula is C20H20N2O4. The highest BCUT2D eigenvalue weighted by atomic mass is 16.5. The maximum Gasteiger partial charge on any atom is 0.270 e. The largest absolute Gasteiger partial charge is 0.508 e. The van der Waals surface area contributed by atoms with E-state index in [1.807, 2.05) is 6.07 Å². The van der Waals surface area contributed by atoms with E-state index in [2.05, 4.69) is 5.32 Å². The Bertz CT molecular complexity index is 794. The van der Waals surface area contributed by atoms with Gasteiger partial charge in [-0.1, -0.05) is 30.3 Å². The van der Waals surface area contributed by atoms with Gasteiger partial charge in [-0.05, 0) is 35.9 Å². The predicted octanol–water partition coefficient (Wildman–Crippen LogP) is 2.02. The molecule has 0 unspecified atom stereocenters. The van der Waals surface area contributed by atoms with Gasteiger partial charge in [0.1, 0.15) is 11.4 Å². The average molecular weight is 352 g/mol. The van der Waals surface area contributed by atoms with Crippen molar-refractivity contribution in [2.45, 2.75) is 0 Å². The number of benzene rings is 2. The summed E-state index contributed by atoms with van der Waals surface area (Å²) < 4.78 is 5.28. The summed E-state index contributed by atoms with van der Waals surface area (Å²) in [5.74, 6) is -0.473. The van der Waals surface area contributed by atoms with E-state index in [-0.39, 0.29) is 23.3 Å². The topological polar surface area (TPSA) is 78.9 Å². The third kappa shape index (κ3) is 4.49. The second kappa shape index (κ2) is 8.31. The molecule has 0 aliphatic carbocycles. The highest BCUT2D eigenvalue weighted by Gasteiger charge is 2.22. The standard InChI is InChI=1S/C20H20N2O4/c23-17-8-6-15(7-9-17)14-18(20(25)22-10-12-26-13-11-22)21-19(24)16-4-2-1-3-5-16/h1-9,14,23H,10-13H2,(H,21,24)/b18-14+. The van der Waals surface area contributed by atoms with E-state index in [9.17, 15) is 14.7 Å². The van der Waals surface area contributed by atoms with Gasteiger partial charge in [-0.2, -0.15) is 0 Å². The normalized spacial score (nSPS) is 14.8. The van der Waals surface area contributed by atoms with Gasteiger partial charge in [0.05, 0.1) is 13.2 Å². The van der Waals surface area contributed by atoms with Gasteiger partial charge in [0.25, 0.3) is 11.8 Å². The fourth-order valence-electron chi connectivity index (χ4n) is 2.61. The summed E-state index contributed by atoms with van der Waals surface area (Å²) in [6.45, 7) is 1.91. The molecule has 6 nitrogen and oxygen atoms in total. The fraction of sp³-hybridized carbons (Fsp3) is 0.200. The number of phenols is 1. The van der Waals surface area contributed by atoms with Gasteiger partial charge in [0.15, 0.2) is 0 Å². The average Bonchev–Trinajstić information content (AvgIpc) is 2.70. The lowest BCUT2D eigenvalue weighted by Crippen LogP contribution is -2.44. The molecule has 0 atom stereocenters. The van der Waals surface area contributed by atoms with Gasteiger partial charge in [-0.25, -0.2) is 0 Å². The quantitative estimate of drug-likeness (QED) is 0.825. The monoisotopic (exact) mass is 352 g/mol. The van der Waals surface area contributed by atoms with E-state index in [0.717, 1.165) is 0 Å². The van der Waals surface area contributed by atoms with Crippen molar-refractivity contribution < 1.29 is 19.4 Å². The van der Waals surface area contributed by atoms with Crippen LogP contribution in [0.4, 0.5) is 0 Å². The Hall–Kier alpha value is -3.12. The molecule has 2 N–H and O–H groups in total. The van der Waals surface area contributed by atoms with Crippen molar-refractivity contribution >= 4 is 17.9 Å². The second-order valence-corrected chi connectivity index (χ2v) is 5.87. The lowest BCUT2D eigenvalue weighted by Gasteiger charge is -2.27. The molecule has 1 aliphatic rings. The Balaban J connectivity index is 1.86. The fourth-order valence-corrected chi connectivity index (χ4v) is 2.61. The Morgan fingerprint density at radius 3 is 2.31 bits per heavy atom. The summed E-state index contributed by atoms with van der Waals surface area (Å²) in [6, 6.07) is 15.1. The number of phenolic OH excluding ortho intramolecular Hbond substituents is 1. The molecule has 0 aromatic heterocycles. The molecule has 1 aliphatic heterocycles. The third-order valence-corrected chi connectivity index (χ3v) is 4.02. The molecule has 134 valence electrons. The van der Waals surface area contributed by atoms with Crippen LogP contribution in [-0.4, -0.2) is 48.1 Å². The molecule has 1 fully saturated rings. The van der Waals surface area contributed by atoms with E-state index in [1.165, 1.54) is 12.1 Å². The third-order valence-electron chi connectivity index (χ3n) is 4.02. The van der Waals surface area contributed by atoms with Crippen molar-refractivity contribution in [3.05, 3.63) is 71.4 Å². The van der Waals surface area contributed by atoms with Crippen LogP contribution in [0.3, 0.4) is 0 Å². The molecule has 26 heavy (non-hydrogen) atoms. The summed E-state index contributed by atoms with van der Waals surface area (Å²) in [7, 11) is 0. The Morgan fingerprint density at radius 2 is 1.65 bits per heavy atom. The Morgan fingerprint density at radius 1 is 1.00 bits per heavy atom. The highest BCUT2D eigenvalue weighted by Crippen LogP contribution is 2.14. The maximum atomic E-state index is 12.9. The van der Waals surface area contributed by atoms with Crippen molar-refractivity contribution in [1.29, 1.82) is 0 Å². The van der Waals surface area contributed by atoms with E-state index >= 15 is 0 Å². The molecule has 6 heteroatoms. The Labute approximate surface area is 151 Å². The smallest absolute Gasteiger partial charge is 0.270 e. The number of nitrogens with zero attached hydrogens (tertiary/aromatic N) is 1. The lowest BCUT2D eigenvalue weighted by molar-refractivity contribution is -0.131. The molecule has 2 aromatic rings. The number of amides is 2.